The van der Waals surface area contributed by atoms with Gasteiger partial charge in [-0.15, -0.1) is 0 Å². The third kappa shape index (κ3) is 4.12. The predicted octanol–water partition coefficient (Wildman–Crippen LogP) is 5.24. The Kier molecular flexibility index (Phi) is 6.08. The molecule has 142 valence electrons. The van der Waals surface area contributed by atoms with E-state index in [0.717, 1.165) is 18.4 Å². The maximum atomic E-state index is 12.9. The zero-order valence-electron chi connectivity index (χ0n) is 15.0. The SMILES string of the molecule is COc1ccc(C(=O)COC(=O)C2(c3ccc(Cl)cc3)CCCC2)cc1Cl. The van der Waals surface area contributed by atoms with Crippen LogP contribution in [0.4, 0.5) is 0 Å². The van der Waals surface area contributed by atoms with Crippen LogP contribution in [0.5, 0.6) is 5.75 Å². The van der Waals surface area contributed by atoms with Crippen molar-refractivity contribution in [3.63, 3.8) is 0 Å². The molecular formula is C21H20Cl2O4. The average molecular weight is 407 g/mol. The summed E-state index contributed by atoms with van der Waals surface area (Å²) in [5, 5.41) is 0.954. The highest BCUT2D eigenvalue weighted by Crippen LogP contribution is 2.42. The van der Waals surface area contributed by atoms with E-state index in [0.29, 0.717) is 34.2 Å². The molecule has 1 aliphatic carbocycles. The Morgan fingerprint density at radius 1 is 1.04 bits per heavy atom. The number of hydrogen-bond acceptors (Lipinski definition) is 4. The van der Waals surface area contributed by atoms with Gasteiger partial charge >= 0.3 is 5.97 Å². The van der Waals surface area contributed by atoms with Crippen molar-refractivity contribution in [1.82, 2.24) is 0 Å². The Morgan fingerprint density at radius 2 is 1.70 bits per heavy atom. The van der Waals surface area contributed by atoms with Crippen molar-refractivity contribution in [2.24, 2.45) is 0 Å². The minimum absolute atomic E-state index is 0.308. The predicted molar refractivity (Wildman–Crippen MR) is 105 cm³/mol. The largest absolute Gasteiger partial charge is 0.495 e. The molecule has 1 aliphatic rings. The van der Waals surface area contributed by atoms with Crippen LogP contribution in [0.25, 0.3) is 0 Å². The first kappa shape index (κ1) is 19.7. The minimum atomic E-state index is -0.706. The lowest BCUT2D eigenvalue weighted by Gasteiger charge is -2.27. The van der Waals surface area contributed by atoms with Crippen molar-refractivity contribution >= 4 is 35.0 Å². The molecule has 0 bridgehead atoms. The maximum Gasteiger partial charge on any atom is 0.317 e. The standard InChI is InChI=1S/C21H20Cl2O4/c1-26-19-9-4-14(12-17(19)23)18(24)13-27-20(25)21(10-2-3-11-21)15-5-7-16(22)8-6-15/h4-9,12H,2-3,10-11,13H2,1H3. The Morgan fingerprint density at radius 3 is 2.30 bits per heavy atom. The number of benzene rings is 2. The summed E-state index contributed by atoms with van der Waals surface area (Å²) in [6.07, 6.45) is 3.30. The van der Waals surface area contributed by atoms with Crippen LogP contribution >= 0.6 is 23.2 Å². The first-order chi connectivity index (χ1) is 13.0. The van der Waals surface area contributed by atoms with Crippen molar-refractivity contribution in [3.8, 4) is 5.75 Å². The van der Waals surface area contributed by atoms with Crippen molar-refractivity contribution in [3.05, 3.63) is 63.6 Å². The molecule has 0 atom stereocenters. The molecule has 27 heavy (non-hydrogen) atoms. The van der Waals surface area contributed by atoms with E-state index in [4.69, 9.17) is 32.7 Å². The molecule has 0 amide bonds. The molecule has 6 heteroatoms. The van der Waals surface area contributed by atoms with Gasteiger partial charge in [0, 0.05) is 10.6 Å². The number of ether oxygens (including phenoxy) is 2. The average Bonchev–Trinajstić information content (AvgIpc) is 3.17. The minimum Gasteiger partial charge on any atom is -0.495 e. The first-order valence-electron chi connectivity index (χ1n) is 8.76. The third-order valence-electron chi connectivity index (χ3n) is 5.05. The van der Waals surface area contributed by atoms with Gasteiger partial charge in [-0.1, -0.05) is 48.2 Å². The molecule has 0 radical (unpaired) electrons. The highest BCUT2D eigenvalue weighted by atomic mass is 35.5. The van der Waals surface area contributed by atoms with Gasteiger partial charge in [0.05, 0.1) is 17.5 Å². The van der Waals surface area contributed by atoms with Gasteiger partial charge in [0.15, 0.2) is 12.4 Å². The number of hydrogen-bond donors (Lipinski definition) is 0. The molecule has 0 saturated heterocycles. The molecule has 0 aliphatic heterocycles. The van der Waals surface area contributed by atoms with Crippen LogP contribution in [0.15, 0.2) is 42.5 Å². The van der Waals surface area contributed by atoms with E-state index in [2.05, 4.69) is 0 Å². The lowest BCUT2D eigenvalue weighted by atomic mass is 9.79. The van der Waals surface area contributed by atoms with E-state index in [9.17, 15) is 9.59 Å². The van der Waals surface area contributed by atoms with Gasteiger partial charge in [-0.05, 0) is 48.7 Å². The lowest BCUT2D eigenvalue weighted by molar-refractivity contribution is -0.149. The monoisotopic (exact) mass is 406 g/mol. The zero-order chi connectivity index (χ0) is 19.4. The number of ketones is 1. The first-order valence-corrected chi connectivity index (χ1v) is 9.52. The van der Waals surface area contributed by atoms with E-state index in [-0.39, 0.29) is 18.4 Å². The number of rotatable bonds is 6. The Hall–Kier alpha value is -2.04. The zero-order valence-corrected chi connectivity index (χ0v) is 16.5. The van der Waals surface area contributed by atoms with Crippen LogP contribution in [0, 0.1) is 0 Å². The lowest BCUT2D eigenvalue weighted by Crippen LogP contribution is -2.35. The second kappa shape index (κ2) is 8.32. The molecule has 0 N–H and O–H groups in total. The Labute approximate surface area is 168 Å². The topological polar surface area (TPSA) is 52.6 Å². The number of halogens is 2. The maximum absolute atomic E-state index is 12.9. The molecule has 1 fully saturated rings. The molecule has 2 aromatic carbocycles. The summed E-state index contributed by atoms with van der Waals surface area (Å²) in [6.45, 7) is -0.323. The molecule has 4 nitrogen and oxygen atoms in total. The second-order valence-corrected chi connectivity index (χ2v) is 7.49. The molecule has 2 aromatic rings. The van der Waals surface area contributed by atoms with E-state index in [1.54, 1.807) is 24.3 Å². The van der Waals surface area contributed by atoms with Crippen LogP contribution < -0.4 is 4.74 Å². The molecule has 0 unspecified atom stereocenters. The summed E-state index contributed by atoms with van der Waals surface area (Å²) in [4.78, 5) is 25.3. The number of methoxy groups -OCH3 is 1. The van der Waals surface area contributed by atoms with Crippen molar-refractivity contribution in [2.75, 3.05) is 13.7 Å². The molecule has 3 rings (SSSR count). The van der Waals surface area contributed by atoms with Gasteiger partial charge in [0.1, 0.15) is 5.75 Å². The number of carbonyl (C=O) groups is 2. The van der Waals surface area contributed by atoms with Gasteiger partial charge in [-0.2, -0.15) is 0 Å². The third-order valence-corrected chi connectivity index (χ3v) is 5.60. The molecule has 0 spiro atoms. The molecule has 0 aromatic heterocycles. The highest BCUT2D eigenvalue weighted by molar-refractivity contribution is 6.32. The van der Waals surface area contributed by atoms with Crippen LogP contribution in [0.1, 0.15) is 41.6 Å². The normalized spacial score (nSPS) is 15.4. The quantitative estimate of drug-likeness (QED) is 0.486. The summed E-state index contributed by atoms with van der Waals surface area (Å²) < 4.78 is 10.5. The summed E-state index contributed by atoms with van der Waals surface area (Å²) in [6, 6.07) is 12.0. The van der Waals surface area contributed by atoms with Gasteiger partial charge in [0.2, 0.25) is 0 Å². The van der Waals surface area contributed by atoms with Crippen LogP contribution in [0.2, 0.25) is 10.0 Å². The smallest absolute Gasteiger partial charge is 0.317 e. The van der Waals surface area contributed by atoms with E-state index < -0.39 is 5.41 Å². The summed E-state index contributed by atoms with van der Waals surface area (Å²) >= 11 is 12.0. The van der Waals surface area contributed by atoms with Crippen LogP contribution in [-0.4, -0.2) is 25.5 Å². The fourth-order valence-electron chi connectivity index (χ4n) is 3.55. The van der Waals surface area contributed by atoms with Gasteiger partial charge < -0.3 is 9.47 Å². The van der Waals surface area contributed by atoms with E-state index in [1.165, 1.54) is 13.2 Å². The van der Waals surface area contributed by atoms with Crippen LogP contribution in [0.3, 0.4) is 0 Å². The molecule has 1 saturated carbocycles. The highest BCUT2D eigenvalue weighted by Gasteiger charge is 2.44. The van der Waals surface area contributed by atoms with Gasteiger partial charge in [-0.3, -0.25) is 9.59 Å². The Balaban J connectivity index is 1.72. The summed E-state index contributed by atoms with van der Waals surface area (Å²) in [5.41, 5.74) is 0.553. The van der Waals surface area contributed by atoms with E-state index in [1.807, 2.05) is 12.1 Å². The number of Topliss-reactive ketones (excluding diaryl/α,β-unsaturated/α-hetero) is 1. The summed E-state index contributed by atoms with van der Waals surface area (Å²) in [5.74, 6) is -0.190. The fraction of sp³-hybridized carbons (Fsp3) is 0.333. The summed E-state index contributed by atoms with van der Waals surface area (Å²) in [7, 11) is 1.50. The second-order valence-electron chi connectivity index (χ2n) is 6.64. The van der Waals surface area contributed by atoms with Gasteiger partial charge in [-0.25, -0.2) is 0 Å². The number of carbonyl (C=O) groups excluding carboxylic acids is 2. The van der Waals surface area contributed by atoms with Crippen molar-refractivity contribution in [1.29, 1.82) is 0 Å². The Bertz CT molecular complexity index is 840. The fourth-order valence-corrected chi connectivity index (χ4v) is 3.93. The van der Waals surface area contributed by atoms with E-state index >= 15 is 0 Å². The molecular weight excluding hydrogens is 387 g/mol. The van der Waals surface area contributed by atoms with Crippen LogP contribution in [-0.2, 0) is 14.9 Å². The van der Waals surface area contributed by atoms with Gasteiger partial charge in [0.25, 0.3) is 0 Å². The van der Waals surface area contributed by atoms with Crippen molar-refractivity contribution in [2.45, 2.75) is 31.1 Å². The van der Waals surface area contributed by atoms with Crippen molar-refractivity contribution < 1.29 is 19.1 Å². The number of esters is 1. The molecule has 0 heterocycles.